The summed E-state index contributed by atoms with van der Waals surface area (Å²) in [6.07, 6.45) is 1.87. The van der Waals surface area contributed by atoms with Crippen LogP contribution < -0.4 is 10.6 Å². The fourth-order valence-electron chi connectivity index (χ4n) is 1.52. The molecule has 1 aromatic carbocycles. The first-order chi connectivity index (χ1) is 8.70. The molecule has 0 saturated carbocycles. The van der Waals surface area contributed by atoms with Crippen LogP contribution in [0.1, 0.15) is 5.56 Å². The van der Waals surface area contributed by atoms with E-state index >= 15 is 0 Å². The molecule has 1 heterocycles. The lowest BCUT2D eigenvalue weighted by atomic mass is 10.2. The quantitative estimate of drug-likeness (QED) is 0.637. The molecule has 0 fully saturated rings. The van der Waals surface area contributed by atoms with E-state index < -0.39 is 4.92 Å². The van der Waals surface area contributed by atoms with Crippen molar-refractivity contribution >= 4 is 23.1 Å². The number of rotatable bonds is 4. The van der Waals surface area contributed by atoms with Gasteiger partial charge in [-0.15, -0.1) is 11.8 Å². The maximum Gasteiger partial charge on any atom is 0.292 e. The summed E-state index contributed by atoms with van der Waals surface area (Å²) in [4.78, 5) is 11.5. The van der Waals surface area contributed by atoms with Crippen molar-refractivity contribution < 1.29 is 4.92 Å². The molecule has 1 aliphatic heterocycles. The van der Waals surface area contributed by atoms with Crippen molar-refractivity contribution in [3.63, 3.8) is 0 Å². The Morgan fingerprint density at radius 3 is 3.06 bits per heavy atom. The van der Waals surface area contributed by atoms with Gasteiger partial charge in [0.1, 0.15) is 5.69 Å². The van der Waals surface area contributed by atoms with Crippen LogP contribution in [0.15, 0.2) is 29.3 Å². The number of nitrogens with one attached hydrogen (secondary N) is 2. The van der Waals surface area contributed by atoms with Crippen LogP contribution in [0, 0.1) is 21.4 Å². The Bertz CT molecular complexity index is 550. The standard InChI is InChI=1S/C11H10N4O2S/c12-4-8-1-2-11(15(16)17)10(3-8)14-6-9-5-13-7-18-9/h1-3,5,13-14H,6-7H2. The Kier molecular flexibility index (Phi) is 3.69. The van der Waals surface area contributed by atoms with Crippen molar-refractivity contribution in [2.45, 2.75) is 0 Å². The molecule has 1 aromatic rings. The monoisotopic (exact) mass is 262 g/mol. The van der Waals surface area contributed by atoms with Crippen molar-refractivity contribution in [2.75, 3.05) is 17.7 Å². The SMILES string of the molecule is N#Cc1ccc([N+](=O)[O-])c(NCC2=CNCS2)c1. The highest BCUT2D eigenvalue weighted by Gasteiger charge is 2.15. The van der Waals surface area contributed by atoms with Gasteiger partial charge in [0.05, 0.1) is 22.4 Å². The van der Waals surface area contributed by atoms with Crippen LogP contribution in [-0.2, 0) is 0 Å². The summed E-state index contributed by atoms with van der Waals surface area (Å²) in [5, 5.41) is 25.7. The van der Waals surface area contributed by atoms with E-state index in [-0.39, 0.29) is 5.69 Å². The van der Waals surface area contributed by atoms with Crippen molar-refractivity contribution in [3.05, 3.63) is 45.0 Å². The molecule has 2 N–H and O–H groups in total. The fourth-order valence-corrected chi connectivity index (χ4v) is 2.22. The van der Waals surface area contributed by atoms with Crippen LogP contribution in [0.5, 0.6) is 0 Å². The molecule has 0 saturated heterocycles. The highest BCUT2D eigenvalue weighted by atomic mass is 32.2. The van der Waals surface area contributed by atoms with E-state index in [1.54, 1.807) is 11.8 Å². The number of nitriles is 1. The van der Waals surface area contributed by atoms with E-state index in [0.717, 1.165) is 10.8 Å². The molecular formula is C11H10N4O2S. The van der Waals surface area contributed by atoms with Gasteiger partial charge in [-0.25, -0.2) is 0 Å². The van der Waals surface area contributed by atoms with Gasteiger partial charge in [0.25, 0.3) is 5.69 Å². The number of nitrogens with zero attached hydrogens (tertiary/aromatic N) is 2. The molecule has 0 aromatic heterocycles. The van der Waals surface area contributed by atoms with Crippen LogP contribution in [0.4, 0.5) is 11.4 Å². The number of nitro benzene ring substituents is 1. The summed E-state index contributed by atoms with van der Waals surface area (Å²) >= 11 is 1.64. The van der Waals surface area contributed by atoms with Gasteiger partial charge in [-0.3, -0.25) is 10.1 Å². The Balaban J connectivity index is 2.18. The highest BCUT2D eigenvalue weighted by Crippen LogP contribution is 2.27. The highest BCUT2D eigenvalue weighted by molar-refractivity contribution is 8.03. The molecule has 0 aliphatic carbocycles. The molecular weight excluding hydrogens is 252 g/mol. The maximum absolute atomic E-state index is 10.9. The van der Waals surface area contributed by atoms with Crippen molar-refractivity contribution in [3.8, 4) is 6.07 Å². The zero-order valence-corrected chi connectivity index (χ0v) is 10.2. The summed E-state index contributed by atoms with van der Waals surface area (Å²) in [5.74, 6) is 0.817. The van der Waals surface area contributed by atoms with Gasteiger partial charge in [-0.1, -0.05) is 0 Å². The van der Waals surface area contributed by atoms with Gasteiger partial charge in [-0.2, -0.15) is 5.26 Å². The van der Waals surface area contributed by atoms with Crippen LogP contribution in [0.3, 0.4) is 0 Å². The van der Waals surface area contributed by atoms with Gasteiger partial charge < -0.3 is 10.6 Å². The molecule has 6 nitrogen and oxygen atoms in total. The van der Waals surface area contributed by atoms with Crippen LogP contribution >= 0.6 is 11.8 Å². The third-order valence-electron chi connectivity index (χ3n) is 2.38. The molecule has 0 radical (unpaired) electrons. The Labute approximate surface area is 108 Å². The fraction of sp³-hybridized carbons (Fsp3) is 0.182. The van der Waals surface area contributed by atoms with E-state index in [0.29, 0.717) is 17.8 Å². The average molecular weight is 262 g/mol. The number of hydrogen-bond acceptors (Lipinski definition) is 6. The minimum atomic E-state index is -0.460. The summed E-state index contributed by atoms with van der Waals surface area (Å²) in [5.41, 5.74) is 0.743. The molecule has 92 valence electrons. The first-order valence-electron chi connectivity index (χ1n) is 5.18. The van der Waals surface area contributed by atoms with E-state index in [4.69, 9.17) is 5.26 Å². The number of anilines is 1. The lowest BCUT2D eigenvalue weighted by Gasteiger charge is -2.07. The van der Waals surface area contributed by atoms with E-state index in [9.17, 15) is 10.1 Å². The zero-order chi connectivity index (χ0) is 13.0. The minimum absolute atomic E-state index is 0.0226. The predicted molar refractivity (Wildman–Crippen MR) is 70.0 cm³/mol. The molecule has 0 unspecified atom stereocenters. The second kappa shape index (κ2) is 5.42. The van der Waals surface area contributed by atoms with Gasteiger partial charge in [-0.05, 0) is 12.1 Å². The zero-order valence-electron chi connectivity index (χ0n) is 9.34. The van der Waals surface area contributed by atoms with Gasteiger partial charge in [0.15, 0.2) is 0 Å². The second-order valence-electron chi connectivity index (χ2n) is 3.56. The van der Waals surface area contributed by atoms with Crippen molar-refractivity contribution in [1.82, 2.24) is 5.32 Å². The molecule has 1 aliphatic rings. The van der Waals surface area contributed by atoms with Gasteiger partial charge >= 0.3 is 0 Å². The Hall–Kier alpha value is -2.20. The van der Waals surface area contributed by atoms with Crippen molar-refractivity contribution in [1.29, 1.82) is 5.26 Å². The lowest BCUT2D eigenvalue weighted by molar-refractivity contribution is -0.384. The lowest BCUT2D eigenvalue weighted by Crippen LogP contribution is -2.05. The first-order valence-corrected chi connectivity index (χ1v) is 6.17. The molecule has 2 rings (SSSR count). The predicted octanol–water partition coefficient (Wildman–Crippen LogP) is 2.01. The molecule has 0 atom stereocenters. The smallest absolute Gasteiger partial charge is 0.292 e. The number of nitro groups is 1. The normalized spacial score (nSPS) is 13.4. The third kappa shape index (κ3) is 2.73. The second-order valence-corrected chi connectivity index (χ2v) is 4.66. The Morgan fingerprint density at radius 2 is 2.44 bits per heavy atom. The van der Waals surface area contributed by atoms with Gasteiger partial charge in [0.2, 0.25) is 0 Å². The van der Waals surface area contributed by atoms with E-state index in [2.05, 4.69) is 10.6 Å². The van der Waals surface area contributed by atoms with Crippen LogP contribution in [0.25, 0.3) is 0 Å². The summed E-state index contributed by atoms with van der Waals surface area (Å²) in [7, 11) is 0. The van der Waals surface area contributed by atoms with Crippen LogP contribution in [-0.4, -0.2) is 17.3 Å². The molecule has 0 bridgehead atoms. The molecule has 7 heteroatoms. The molecule has 18 heavy (non-hydrogen) atoms. The summed E-state index contributed by atoms with van der Waals surface area (Å²) < 4.78 is 0. The number of benzene rings is 1. The third-order valence-corrected chi connectivity index (χ3v) is 3.32. The minimum Gasteiger partial charge on any atom is -0.381 e. The molecule has 0 spiro atoms. The number of hydrogen-bond donors (Lipinski definition) is 2. The summed E-state index contributed by atoms with van der Waals surface area (Å²) in [6, 6.07) is 6.24. The number of thioether (sulfide) groups is 1. The average Bonchev–Trinajstić information content (AvgIpc) is 2.88. The van der Waals surface area contributed by atoms with E-state index in [1.807, 2.05) is 12.3 Å². The Morgan fingerprint density at radius 1 is 1.61 bits per heavy atom. The van der Waals surface area contributed by atoms with Gasteiger partial charge in [0, 0.05) is 23.7 Å². The van der Waals surface area contributed by atoms with E-state index in [1.165, 1.54) is 18.2 Å². The van der Waals surface area contributed by atoms with Crippen LogP contribution in [0.2, 0.25) is 0 Å². The maximum atomic E-state index is 10.9. The molecule has 0 amide bonds. The van der Waals surface area contributed by atoms with Crippen molar-refractivity contribution in [2.24, 2.45) is 0 Å². The topological polar surface area (TPSA) is 91.0 Å². The summed E-state index contributed by atoms with van der Waals surface area (Å²) in [6.45, 7) is 0.507. The first kappa shape index (κ1) is 12.3. The largest absolute Gasteiger partial charge is 0.381 e.